The van der Waals surface area contributed by atoms with Crippen LogP contribution in [0.2, 0.25) is 0 Å². The molecule has 2 aliphatic heterocycles. The van der Waals surface area contributed by atoms with Gasteiger partial charge in [-0.3, -0.25) is 4.79 Å². The first-order valence-electron chi connectivity index (χ1n) is 14.2. The maximum Gasteiger partial charge on any atom is 0.238 e. The number of nitrogens with zero attached hydrogens (tertiary/aromatic N) is 3. The van der Waals surface area contributed by atoms with Crippen LogP contribution in [0.1, 0.15) is 42.4 Å². The number of nitrogens with two attached hydrogens (primary N) is 1. The quantitative estimate of drug-likeness (QED) is 0.355. The number of benzene rings is 3. The number of halogens is 2. The number of rotatable bonds is 8. The predicted molar refractivity (Wildman–Crippen MR) is 159 cm³/mol. The fourth-order valence-corrected chi connectivity index (χ4v) is 6.20. The summed E-state index contributed by atoms with van der Waals surface area (Å²) in [7, 11) is 3.68. The second-order valence-corrected chi connectivity index (χ2v) is 11.3. The number of allylic oxidation sites excluding steroid dienone is 1. The fraction of sp³-hybridized carbons (Fsp3) is 0.333. The standard InChI is InChI=1S/C33H34F2N4O3/c1-38-15-11-25(20-38)42-30-17-22(28(10-14-36)37-29-9-6-23(34)18-27(29)35)16-26-31(30)39(32(40)33(26)12-3-13-33)19-21-4-7-24(41-2)8-5-21/h4-10,14,16-18,25H,3,11-13,15,19-20,36H2,1-2H3. The lowest BCUT2D eigenvalue weighted by atomic mass is 9.65. The van der Waals surface area contributed by atoms with Gasteiger partial charge in [0.25, 0.3) is 0 Å². The van der Waals surface area contributed by atoms with E-state index in [4.69, 9.17) is 15.2 Å². The van der Waals surface area contributed by atoms with Crippen LogP contribution in [0.4, 0.5) is 20.2 Å². The number of fused-ring (bicyclic) bond motifs is 2. The van der Waals surface area contributed by atoms with Crippen molar-refractivity contribution in [1.82, 2.24) is 4.90 Å². The molecule has 2 N–H and O–H groups in total. The highest BCUT2D eigenvalue weighted by atomic mass is 19.1. The van der Waals surface area contributed by atoms with Crippen molar-refractivity contribution in [2.24, 2.45) is 10.7 Å². The minimum Gasteiger partial charge on any atom is -0.497 e. The number of aliphatic imine (C=N–C) groups is 1. The maximum atomic E-state index is 14.6. The summed E-state index contributed by atoms with van der Waals surface area (Å²) >= 11 is 0. The average molecular weight is 573 g/mol. The average Bonchev–Trinajstić information content (AvgIpc) is 3.47. The molecule has 1 aliphatic carbocycles. The van der Waals surface area contributed by atoms with Gasteiger partial charge in [0.05, 0.1) is 36.2 Å². The van der Waals surface area contributed by atoms with Gasteiger partial charge in [0, 0.05) is 24.7 Å². The van der Waals surface area contributed by atoms with Gasteiger partial charge in [-0.1, -0.05) is 18.6 Å². The molecule has 1 spiro atoms. The first-order chi connectivity index (χ1) is 20.3. The van der Waals surface area contributed by atoms with Crippen LogP contribution >= 0.6 is 0 Å². The van der Waals surface area contributed by atoms with E-state index in [0.29, 0.717) is 23.6 Å². The molecule has 2 heterocycles. The summed E-state index contributed by atoms with van der Waals surface area (Å²) in [5.74, 6) is -0.0622. The third-order valence-electron chi connectivity index (χ3n) is 8.56. The van der Waals surface area contributed by atoms with Gasteiger partial charge in [-0.25, -0.2) is 13.8 Å². The Hall–Kier alpha value is -4.24. The molecule has 0 aromatic heterocycles. The van der Waals surface area contributed by atoms with Gasteiger partial charge in [-0.05, 0) is 86.1 Å². The Morgan fingerprint density at radius 1 is 1.14 bits per heavy atom. The molecule has 218 valence electrons. The van der Waals surface area contributed by atoms with Crippen molar-refractivity contribution in [3.63, 3.8) is 0 Å². The highest BCUT2D eigenvalue weighted by Gasteiger charge is 2.55. The van der Waals surface area contributed by atoms with Gasteiger partial charge in [0.2, 0.25) is 5.91 Å². The van der Waals surface area contributed by atoms with Crippen molar-refractivity contribution >= 4 is 23.0 Å². The van der Waals surface area contributed by atoms with E-state index in [1.54, 1.807) is 13.2 Å². The molecule has 1 amide bonds. The van der Waals surface area contributed by atoms with Crippen molar-refractivity contribution in [2.75, 3.05) is 32.1 Å². The van der Waals surface area contributed by atoms with E-state index in [1.807, 2.05) is 41.3 Å². The molecule has 3 aromatic rings. The third kappa shape index (κ3) is 5.02. The number of likely N-dealkylation sites (N-methyl/N-ethyl adjacent to an activating group) is 1. The maximum absolute atomic E-state index is 14.6. The van der Waals surface area contributed by atoms with E-state index in [-0.39, 0.29) is 17.7 Å². The van der Waals surface area contributed by atoms with E-state index in [1.165, 1.54) is 18.3 Å². The summed E-state index contributed by atoms with van der Waals surface area (Å²) < 4.78 is 40.2. The molecule has 1 saturated heterocycles. The molecule has 0 radical (unpaired) electrons. The van der Waals surface area contributed by atoms with E-state index in [9.17, 15) is 13.6 Å². The normalized spacial score (nSPS) is 19.9. The van der Waals surface area contributed by atoms with Gasteiger partial charge in [0.1, 0.15) is 23.4 Å². The molecule has 6 rings (SSSR count). The van der Waals surface area contributed by atoms with Crippen molar-refractivity contribution in [2.45, 2.75) is 43.7 Å². The number of amides is 1. The number of methoxy groups -OCH3 is 1. The van der Waals surface area contributed by atoms with E-state index in [2.05, 4.69) is 16.9 Å². The van der Waals surface area contributed by atoms with Crippen LogP contribution in [0.15, 0.2) is 71.9 Å². The molecule has 1 unspecified atom stereocenters. The van der Waals surface area contributed by atoms with Gasteiger partial charge >= 0.3 is 0 Å². The van der Waals surface area contributed by atoms with E-state index >= 15 is 0 Å². The number of anilines is 1. The highest BCUT2D eigenvalue weighted by molar-refractivity contribution is 6.14. The number of hydrogen-bond acceptors (Lipinski definition) is 6. The fourth-order valence-electron chi connectivity index (χ4n) is 6.20. The lowest BCUT2D eigenvalue weighted by Crippen LogP contribution is -2.44. The summed E-state index contributed by atoms with van der Waals surface area (Å²) in [6.07, 6.45) is 6.14. The van der Waals surface area contributed by atoms with Crippen molar-refractivity contribution in [3.05, 3.63) is 95.2 Å². The monoisotopic (exact) mass is 572 g/mol. The van der Waals surface area contributed by atoms with Crippen molar-refractivity contribution in [1.29, 1.82) is 0 Å². The van der Waals surface area contributed by atoms with Crippen LogP contribution in [0, 0.1) is 11.6 Å². The van der Waals surface area contributed by atoms with Crippen LogP contribution in [-0.4, -0.2) is 49.9 Å². The summed E-state index contributed by atoms with van der Waals surface area (Å²) in [6, 6.07) is 14.8. The number of carbonyl (C=O) groups is 1. The summed E-state index contributed by atoms with van der Waals surface area (Å²) in [6.45, 7) is 2.07. The first kappa shape index (κ1) is 27.9. The van der Waals surface area contributed by atoms with Crippen LogP contribution in [0.25, 0.3) is 0 Å². The van der Waals surface area contributed by atoms with Crippen molar-refractivity contribution < 1.29 is 23.0 Å². The Morgan fingerprint density at radius 3 is 2.55 bits per heavy atom. The lowest BCUT2D eigenvalue weighted by Gasteiger charge is -2.37. The lowest BCUT2D eigenvalue weighted by molar-refractivity contribution is -0.126. The molecule has 9 heteroatoms. The van der Waals surface area contributed by atoms with Gasteiger partial charge in [-0.2, -0.15) is 0 Å². The minimum absolute atomic E-state index is 0.0135. The van der Waals surface area contributed by atoms with Crippen molar-refractivity contribution in [3.8, 4) is 11.5 Å². The molecule has 2 fully saturated rings. The van der Waals surface area contributed by atoms with E-state index < -0.39 is 17.0 Å². The SMILES string of the molecule is COc1ccc(CN2C(=O)C3(CCC3)c3cc(C(C=CN)=Nc4ccc(F)cc4F)cc(OC4CCN(C)C4)c32)cc1. The first-order valence-corrected chi connectivity index (χ1v) is 14.2. The molecule has 42 heavy (non-hydrogen) atoms. The van der Waals surface area contributed by atoms with Crippen LogP contribution in [-0.2, 0) is 16.8 Å². The summed E-state index contributed by atoms with van der Waals surface area (Å²) in [5, 5.41) is 0. The zero-order valence-electron chi connectivity index (χ0n) is 23.8. The van der Waals surface area contributed by atoms with Crippen LogP contribution in [0.3, 0.4) is 0 Å². The summed E-state index contributed by atoms with van der Waals surface area (Å²) in [5.41, 5.74) is 8.80. The Kier molecular flexibility index (Phi) is 7.45. The molecule has 0 bridgehead atoms. The van der Waals surface area contributed by atoms with Crippen LogP contribution < -0.4 is 20.1 Å². The Bertz CT molecular complexity index is 1570. The largest absolute Gasteiger partial charge is 0.497 e. The second-order valence-electron chi connectivity index (χ2n) is 11.3. The van der Waals surface area contributed by atoms with Gasteiger partial charge < -0.3 is 25.0 Å². The molecule has 3 aliphatic rings. The third-order valence-corrected chi connectivity index (χ3v) is 8.56. The topological polar surface area (TPSA) is 80.4 Å². The minimum atomic E-state index is -0.777. The highest BCUT2D eigenvalue weighted by Crippen LogP contribution is 2.57. The van der Waals surface area contributed by atoms with Crippen LogP contribution in [0.5, 0.6) is 11.5 Å². The molecular weight excluding hydrogens is 538 g/mol. The second kappa shape index (κ2) is 11.2. The number of ether oxygens (including phenoxy) is 2. The van der Waals surface area contributed by atoms with Gasteiger partial charge in [-0.15, -0.1) is 0 Å². The predicted octanol–water partition coefficient (Wildman–Crippen LogP) is 5.62. The molecular formula is C33H34F2N4O3. The number of carbonyl (C=O) groups excluding carboxylic acids is 1. The van der Waals surface area contributed by atoms with Gasteiger partial charge in [0.15, 0.2) is 5.82 Å². The number of hydrogen-bond donors (Lipinski definition) is 1. The molecule has 3 aromatic carbocycles. The Morgan fingerprint density at radius 2 is 1.93 bits per heavy atom. The smallest absolute Gasteiger partial charge is 0.238 e. The van der Waals surface area contributed by atoms with E-state index in [0.717, 1.165) is 67.4 Å². The zero-order chi connectivity index (χ0) is 29.4. The molecule has 1 atom stereocenters. The Labute approximate surface area is 244 Å². The zero-order valence-corrected chi connectivity index (χ0v) is 23.8. The molecule has 7 nitrogen and oxygen atoms in total. The summed E-state index contributed by atoms with van der Waals surface area (Å²) in [4.78, 5) is 22.8. The molecule has 1 saturated carbocycles. The number of likely N-dealkylation sites (tertiary alicyclic amines) is 1. The Balaban J connectivity index is 1.49.